The van der Waals surface area contributed by atoms with Crippen molar-refractivity contribution in [3.8, 4) is 0 Å². The predicted molar refractivity (Wildman–Crippen MR) is 124 cm³/mol. The molecule has 3 aromatic rings. The Morgan fingerprint density at radius 3 is 2.39 bits per heavy atom. The van der Waals surface area contributed by atoms with Crippen molar-refractivity contribution in [1.29, 1.82) is 0 Å². The summed E-state index contributed by atoms with van der Waals surface area (Å²) in [5, 5.41) is 5.14. The second-order valence-corrected chi connectivity index (χ2v) is 7.70. The van der Waals surface area contributed by atoms with E-state index in [1.54, 1.807) is 24.3 Å². The van der Waals surface area contributed by atoms with E-state index in [0.29, 0.717) is 12.1 Å². The van der Waals surface area contributed by atoms with Gasteiger partial charge < -0.3 is 10.6 Å². The Hall–Kier alpha value is -3.97. The molecule has 0 spiro atoms. The molecule has 0 aromatic heterocycles. The first kappa shape index (κ1) is 22.2. The third kappa shape index (κ3) is 4.94. The quantitative estimate of drug-likeness (QED) is 0.504. The minimum atomic E-state index is -0.575. The van der Waals surface area contributed by atoms with Crippen molar-refractivity contribution in [2.24, 2.45) is 0 Å². The van der Waals surface area contributed by atoms with E-state index >= 15 is 0 Å². The molecule has 0 aliphatic carbocycles. The number of amides is 3. The fourth-order valence-electron chi connectivity index (χ4n) is 3.38. The van der Waals surface area contributed by atoms with E-state index in [9.17, 15) is 18.8 Å². The summed E-state index contributed by atoms with van der Waals surface area (Å²) in [5.41, 5.74) is 1.61. The van der Waals surface area contributed by atoms with Crippen LogP contribution in [0.15, 0.2) is 89.6 Å². The van der Waals surface area contributed by atoms with E-state index in [0.717, 1.165) is 10.5 Å². The summed E-state index contributed by atoms with van der Waals surface area (Å²) in [5.74, 6) is -2.19. The van der Waals surface area contributed by atoms with Crippen LogP contribution in [0, 0.1) is 5.82 Å². The van der Waals surface area contributed by atoms with Crippen molar-refractivity contribution in [1.82, 2.24) is 4.90 Å². The summed E-state index contributed by atoms with van der Waals surface area (Å²) in [6.45, 7) is 0.189. The monoisotopic (exact) mass is 463 g/mol. The molecule has 4 rings (SSSR count). The molecule has 166 valence electrons. The van der Waals surface area contributed by atoms with Crippen molar-refractivity contribution < 1.29 is 18.8 Å². The molecule has 3 aromatic carbocycles. The molecule has 3 amide bonds. The fourth-order valence-corrected chi connectivity index (χ4v) is 3.61. The smallest absolute Gasteiger partial charge is 0.278 e. The Morgan fingerprint density at radius 2 is 1.64 bits per heavy atom. The topological polar surface area (TPSA) is 78.5 Å². The predicted octanol–water partition coefficient (Wildman–Crippen LogP) is 4.55. The van der Waals surface area contributed by atoms with Crippen LogP contribution in [0.2, 0.25) is 0 Å². The van der Waals surface area contributed by atoms with Gasteiger partial charge in [0.1, 0.15) is 16.5 Å². The first-order valence-electron chi connectivity index (χ1n) is 10.2. The Bertz CT molecular complexity index is 1260. The van der Waals surface area contributed by atoms with Gasteiger partial charge in [0.2, 0.25) is 0 Å². The van der Waals surface area contributed by atoms with Gasteiger partial charge in [0.25, 0.3) is 17.7 Å². The van der Waals surface area contributed by atoms with Crippen LogP contribution in [0.1, 0.15) is 15.9 Å². The lowest BCUT2D eigenvalue weighted by atomic mass is 10.1. The van der Waals surface area contributed by atoms with Gasteiger partial charge in [-0.05, 0) is 42.3 Å². The number of benzene rings is 3. The first-order valence-corrected chi connectivity index (χ1v) is 10.5. The number of para-hydroxylation sites is 1. The zero-order valence-electron chi connectivity index (χ0n) is 17.3. The lowest BCUT2D eigenvalue weighted by Crippen LogP contribution is -2.34. The molecule has 6 nitrogen and oxygen atoms in total. The SMILES string of the molecule is O=C(Nc1ccccc1F)c1cccc(NC2=C(Cl)C(=O)N(CCc3ccccc3)C2=O)c1. The van der Waals surface area contributed by atoms with Crippen LogP contribution in [0.4, 0.5) is 15.8 Å². The third-order valence-electron chi connectivity index (χ3n) is 5.09. The van der Waals surface area contributed by atoms with E-state index in [4.69, 9.17) is 11.6 Å². The minimum Gasteiger partial charge on any atom is -0.350 e. The first-order chi connectivity index (χ1) is 15.9. The van der Waals surface area contributed by atoms with Crippen molar-refractivity contribution in [2.45, 2.75) is 6.42 Å². The Kier molecular flexibility index (Phi) is 6.51. The number of nitrogens with zero attached hydrogens (tertiary/aromatic N) is 1. The van der Waals surface area contributed by atoms with Crippen molar-refractivity contribution in [3.05, 3.63) is 107 Å². The highest BCUT2D eigenvalue weighted by Crippen LogP contribution is 2.26. The number of anilines is 2. The number of hydrogen-bond donors (Lipinski definition) is 2. The van der Waals surface area contributed by atoms with Gasteiger partial charge in [0, 0.05) is 17.8 Å². The van der Waals surface area contributed by atoms with Gasteiger partial charge in [-0.25, -0.2) is 4.39 Å². The highest BCUT2D eigenvalue weighted by molar-refractivity contribution is 6.48. The molecule has 1 heterocycles. The molecule has 0 unspecified atom stereocenters. The van der Waals surface area contributed by atoms with Crippen LogP contribution in [-0.4, -0.2) is 29.2 Å². The van der Waals surface area contributed by atoms with E-state index in [1.165, 1.54) is 24.3 Å². The molecule has 2 N–H and O–H groups in total. The maximum atomic E-state index is 13.8. The standard InChI is InChI=1S/C25H19ClFN3O3/c26-21-22(25(33)30(24(21)32)14-13-16-7-2-1-3-8-16)28-18-10-6-9-17(15-18)23(31)29-20-12-5-4-11-19(20)27/h1-12,15,28H,13-14H2,(H,29,31). The molecular formula is C25H19ClFN3O3. The highest BCUT2D eigenvalue weighted by Gasteiger charge is 2.37. The molecule has 0 atom stereocenters. The lowest BCUT2D eigenvalue weighted by Gasteiger charge is -2.15. The average Bonchev–Trinajstić information content (AvgIpc) is 3.03. The molecule has 1 aliphatic rings. The number of carbonyl (C=O) groups excluding carboxylic acids is 3. The Labute approximate surface area is 194 Å². The summed E-state index contributed by atoms with van der Waals surface area (Å²) in [4.78, 5) is 39.0. The van der Waals surface area contributed by atoms with Crippen molar-refractivity contribution >= 4 is 40.7 Å². The number of halogens is 2. The van der Waals surface area contributed by atoms with Crippen LogP contribution in [0.25, 0.3) is 0 Å². The Morgan fingerprint density at radius 1 is 0.909 bits per heavy atom. The number of imide groups is 1. The maximum Gasteiger partial charge on any atom is 0.278 e. The summed E-state index contributed by atoms with van der Waals surface area (Å²) in [6.07, 6.45) is 0.501. The summed E-state index contributed by atoms with van der Waals surface area (Å²) >= 11 is 6.16. The van der Waals surface area contributed by atoms with Gasteiger partial charge in [0.15, 0.2) is 0 Å². The maximum absolute atomic E-state index is 13.8. The normalized spacial score (nSPS) is 13.5. The number of hydrogen-bond acceptors (Lipinski definition) is 4. The van der Waals surface area contributed by atoms with E-state index in [-0.39, 0.29) is 28.5 Å². The summed E-state index contributed by atoms with van der Waals surface area (Å²) < 4.78 is 13.8. The van der Waals surface area contributed by atoms with Crippen LogP contribution >= 0.6 is 11.6 Å². The lowest BCUT2D eigenvalue weighted by molar-refractivity contribution is -0.137. The van der Waals surface area contributed by atoms with Gasteiger partial charge in [-0.1, -0.05) is 60.1 Å². The number of nitrogens with one attached hydrogen (secondary N) is 2. The van der Waals surface area contributed by atoms with Gasteiger partial charge in [-0.15, -0.1) is 0 Å². The number of carbonyl (C=O) groups is 3. The van der Waals surface area contributed by atoms with Crippen LogP contribution in [0.5, 0.6) is 0 Å². The molecule has 0 radical (unpaired) electrons. The Balaban J connectivity index is 1.46. The van der Waals surface area contributed by atoms with Crippen LogP contribution in [-0.2, 0) is 16.0 Å². The minimum absolute atomic E-state index is 0.0530. The van der Waals surface area contributed by atoms with Gasteiger partial charge in [-0.3, -0.25) is 19.3 Å². The molecule has 8 heteroatoms. The number of rotatable bonds is 7. The van der Waals surface area contributed by atoms with E-state index < -0.39 is 23.5 Å². The van der Waals surface area contributed by atoms with Gasteiger partial charge >= 0.3 is 0 Å². The van der Waals surface area contributed by atoms with Crippen LogP contribution in [0.3, 0.4) is 0 Å². The molecule has 0 saturated heterocycles. The van der Waals surface area contributed by atoms with E-state index in [1.807, 2.05) is 30.3 Å². The second kappa shape index (κ2) is 9.67. The molecule has 0 fully saturated rings. The molecule has 33 heavy (non-hydrogen) atoms. The summed E-state index contributed by atoms with van der Waals surface area (Å²) in [7, 11) is 0. The zero-order valence-corrected chi connectivity index (χ0v) is 18.1. The second-order valence-electron chi connectivity index (χ2n) is 7.33. The summed E-state index contributed by atoms with van der Waals surface area (Å²) in [6, 6.07) is 21.6. The molecule has 1 aliphatic heterocycles. The van der Waals surface area contributed by atoms with Crippen molar-refractivity contribution in [2.75, 3.05) is 17.2 Å². The highest BCUT2D eigenvalue weighted by atomic mass is 35.5. The van der Waals surface area contributed by atoms with Gasteiger partial charge in [0.05, 0.1) is 5.69 Å². The van der Waals surface area contributed by atoms with E-state index in [2.05, 4.69) is 10.6 Å². The zero-order chi connectivity index (χ0) is 23.4. The van der Waals surface area contributed by atoms with Crippen molar-refractivity contribution in [3.63, 3.8) is 0 Å². The molecule has 0 saturated carbocycles. The molecular weight excluding hydrogens is 445 g/mol. The van der Waals surface area contributed by atoms with Gasteiger partial charge in [-0.2, -0.15) is 0 Å². The average molecular weight is 464 g/mol. The van der Waals surface area contributed by atoms with Crippen LogP contribution < -0.4 is 10.6 Å². The molecule has 0 bridgehead atoms. The fraction of sp³-hybridized carbons (Fsp3) is 0.0800. The largest absolute Gasteiger partial charge is 0.350 e. The third-order valence-corrected chi connectivity index (χ3v) is 5.45.